The van der Waals surface area contributed by atoms with E-state index in [0.717, 1.165) is 19.3 Å². The van der Waals surface area contributed by atoms with Crippen molar-refractivity contribution in [1.29, 1.82) is 0 Å². The van der Waals surface area contributed by atoms with Gasteiger partial charge in [0.1, 0.15) is 5.69 Å². The molecule has 0 aromatic carbocycles. The van der Waals surface area contributed by atoms with E-state index < -0.39 is 0 Å². The Balaban J connectivity index is 1.81. The number of carbonyl (C=O) groups is 1. The number of Topliss-reactive ketones (excluding diaryl/α,β-unsaturated/α-hetero) is 1. The quantitative estimate of drug-likeness (QED) is 0.665. The summed E-state index contributed by atoms with van der Waals surface area (Å²) in [6.45, 7) is 0. The van der Waals surface area contributed by atoms with Crippen LogP contribution in [0.3, 0.4) is 0 Å². The molecule has 5 nitrogen and oxygen atoms in total. The molecule has 1 aromatic heterocycles. The highest BCUT2D eigenvalue weighted by molar-refractivity contribution is 5.96. The van der Waals surface area contributed by atoms with Gasteiger partial charge in [-0.2, -0.15) is 0 Å². The Kier molecular flexibility index (Phi) is 1.88. The van der Waals surface area contributed by atoms with Gasteiger partial charge in [-0.3, -0.25) is 9.48 Å². The van der Waals surface area contributed by atoms with Gasteiger partial charge < -0.3 is 4.74 Å². The zero-order chi connectivity index (χ0) is 10.4. The molecule has 0 saturated carbocycles. The highest BCUT2D eigenvalue weighted by Gasteiger charge is 2.45. The molecule has 0 N–H and O–H groups in total. The molecule has 0 spiro atoms. The first-order valence-corrected chi connectivity index (χ1v) is 5.30. The Labute approximate surface area is 87.4 Å². The molecule has 1 aromatic rings. The van der Waals surface area contributed by atoms with E-state index in [-0.39, 0.29) is 17.8 Å². The van der Waals surface area contributed by atoms with E-state index in [1.165, 1.54) is 0 Å². The number of ketones is 1. The molecule has 15 heavy (non-hydrogen) atoms. The summed E-state index contributed by atoms with van der Waals surface area (Å²) in [6.07, 6.45) is 5.09. The summed E-state index contributed by atoms with van der Waals surface area (Å²) in [7, 11) is 1.76. The molecule has 2 bridgehead atoms. The van der Waals surface area contributed by atoms with Crippen molar-refractivity contribution in [2.75, 3.05) is 0 Å². The zero-order valence-electron chi connectivity index (χ0n) is 8.59. The first-order chi connectivity index (χ1) is 7.24. The van der Waals surface area contributed by atoms with Crippen molar-refractivity contribution in [1.82, 2.24) is 15.0 Å². The Hall–Kier alpha value is -1.23. The van der Waals surface area contributed by atoms with Crippen LogP contribution < -0.4 is 0 Å². The number of fused-ring (bicyclic) bond motifs is 2. The molecular formula is C10H13N3O2. The van der Waals surface area contributed by atoms with Crippen molar-refractivity contribution in [3.63, 3.8) is 0 Å². The predicted octanol–water partition coefficient (Wildman–Crippen LogP) is 0.565. The number of hydrogen-bond acceptors (Lipinski definition) is 4. The third kappa shape index (κ3) is 1.38. The van der Waals surface area contributed by atoms with Crippen LogP contribution in [0, 0.1) is 5.92 Å². The Morgan fingerprint density at radius 2 is 2.47 bits per heavy atom. The number of carbonyl (C=O) groups excluding carboxylic acids is 1. The van der Waals surface area contributed by atoms with Gasteiger partial charge in [-0.15, -0.1) is 5.10 Å². The standard InChI is InChI=1S/C10H13N3O2/c1-13-5-8(11-12-13)10(14)7-4-6-2-3-9(7)15-6/h5-7,9H,2-4H2,1H3. The average Bonchev–Trinajstić information content (AvgIpc) is 2.90. The van der Waals surface area contributed by atoms with E-state index in [2.05, 4.69) is 10.3 Å². The summed E-state index contributed by atoms with van der Waals surface area (Å²) >= 11 is 0. The lowest BCUT2D eigenvalue weighted by atomic mass is 9.85. The molecule has 2 aliphatic heterocycles. The fraction of sp³-hybridized carbons (Fsp3) is 0.700. The SMILES string of the molecule is Cn1cc(C(=O)C2CC3CCC2O3)nn1. The summed E-state index contributed by atoms with van der Waals surface area (Å²) in [5.74, 6) is 0.107. The van der Waals surface area contributed by atoms with Crippen molar-refractivity contribution in [3.8, 4) is 0 Å². The van der Waals surface area contributed by atoms with Crippen LogP contribution in [0.4, 0.5) is 0 Å². The number of nitrogens with zero attached hydrogens (tertiary/aromatic N) is 3. The number of hydrogen-bond donors (Lipinski definition) is 0. The number of aryl methyl sites for hydroxylation is 1. The number of aromatic nitrogens is 3. The maximum Gasteiger partial charge on any atom is 0.190 e. The highest BCUT2D eigenvalue weighted by atomic mass is 16.5. The van der Waals surface area contributed by atoms with Crippen LogP contribution in [0.15, 0.2) is 6.20 Å². The lowest BCUT2D eigenvalue weighted by Gasteiger charge is -2.15. The lowest BCUT2D eigenvalue weighted by Crippen LogP contribution is -2.25. The molecule has 3 heterocycles. The second kappa shape index (κ2) is 3.13. The van der Waals surface area contributed by atoms with Crippen molar-refractivity contribution >= 4 is 5.78 Å². The third-order valence-corrected chi connectivity index (χ3v) is 3.30. The van der Waals surface area contributed by atoms with Crippen LogP contribution in [-0.4, -0.2) is 33.0 Å². The van der Waals surface area contributed by atoms with Crippen LogP contribution in [0.5, 0.6) is 0 Å². The fourth-order valence-corrected chi connectivity index (χ4v) is 2.56. The molecule has 2 fully saturated rings. The van der Waals surface area contributed by atoms with E-state index in [0.29, 0.717) is 11.8 Å². The monoisotopic (exact) mass is 207 g/mol. The smallest absolute Gasteiger partial charge is 0.190 e. The Bertz CT molecular complexity index is 401. The maximum absolute atomic E-state index is 12.1. The van der Waals surface area contributed by atoms with Crippen molar-refractivity contribution < 1.29 is 9.53 Å². The molecule has 80 valence electrons. The normalized spacial score (nSPS) is 33.5. The molecule has 2 aliphatic rings. The zero-order valence-corrected chi connectivity index (χ0v) is 8.59. The molecule has 0 aliphatic carbocycles. The van der Waals surface area contributed by atoms with Gasteiger partial charge in [0.15, 0.2) is 5.78 Å². The molecule has 3 rings (SSSR count). The van der Waals surface area contributed by atoms with E-state index in [4.69, 9.17) is 4.74 Å². The average molecular weight is 207 g/mol. The topological polar surface area (TPSA) is 57.0 Å². The van der Waals surface area contributed by atoms with Crippen LogP contribution in [0.2, 0.25) is 0 Å². The number of ether oxygens (including phenoxy) is 1. The molecule has 3 atom stereocenters. The Morgan fingerprint density at radius 1 is 1.60 bits per heavy atom. The highest BCUT2D eigenvalue weighted by Crippen LogP contribution is 2.39. The summed E-state index contributed by atoms with van der Waals surface area (Å²) in [6, 6.07) is 0. The number of rotatable bonds is 2. The second-order valence-electron chi connectivity index (χ2n) is 4.36. The molecule has 3 unspecified atom stereocenters. The van der Waals surface area contributed by atoms with Gasteiger partial charge >= 0.3 is 0 Å². The minimum atomic E-state index is 0.0143. The molecule has 2 saturated heterocycles. The van der Waals surface area contributed by atoms with Crippen molar-refractivity contribution in [2.45, 2.75) is 31.5 Å². The van der Waals surface area contributed by atoms with Gasteiger partial charge in [0.25, 0.3) is 0 Å². The Morgan fingerprint density at radius 3 is 3.00 bits per heavy atom. The molecule has 0 amide bonds. The van der Waals surface area contributed by atoms with Crippen LogP contribution in [0.1, 0.15) is 29.8 Å². The predicted molar refractivity (Wildman–Crippen MR) is 51.3 cm³/mol. The third-order valence-electron chi connectivity index (χ3n) is 3.30. The summed E-state index contributed by atoms with van der Waals surface area (Å²) < 4.78 is 7.22. The van der Waals surface area contributed by atoms with Gasteiger partial charge in [-0.05, 0) is 19.3 Å². The first kappa shape index (κ1) is 9.03. The summed E-state index contributed by atoms with van der Waals surface area (Å²) in [5.41, 5.74) is 0.471. The maximum atomic E-state index is 12.1. The molecule has 5 heteroatoms. The van der Waals surface area contributed by atoms with Gasteiger partial charge in [0.05, 0.1) is 24.3 Å². The van der Waals surface area contributed by atoms with Gasteiger partial charge in [-0.25, -0.2) is 0 Å². The summed E-state index contributed by atoms with van der Waals surface area (Å²) in [4.78, 5) is 12.1. The minimum Gasteiger partial charge on any atom is -0.374 e. The molecular weight excluding hydrogens is 194 g/mol. The van der Waals surface area contributed by atoms with Gasteiger partial charge in [0.2, 0.25) is 0 Å². The van der Waals surface area contributed by atoms with Crippen LogP contribution >= 0.6 is 0 Å². The van der Waals surface area contributed by atoms with Crippen LogP contribution in [0.25, 0.3) is 0 Å². The fourth-order valence-electron chi connectivity index (χ4n) is 2.56. The first-order valence-electron chi connectivity index (χ1n) is 5.30. The van der Waals surface area contributed by atoms with Crippen molar-refractivity contribution in [3.05, 3.63) is 11.9 Å². The van der Waals surface area contributed by atoms with Gasteiger partial charge in [0, 0.05) is 7.05 Å². The largest absolute Gasteiger partial charge is 0.374 e. The van der Waals surface area contributed by atoms with E-state index in [1.807, 2.05) is 0 Å². The summed E-state index contributed by atoms with van der Waals surface area (Å²) in [5, 5.41) is 7.63. The lowest BCUT2D eigenvalue weighted by molar-refractivity contribution is 0.0739. The van der Waals surface area contributed by atoms with Crippen LogP contribution in [-0.2, 0) is 11.8 Å². The van der Waals surface area contributed by atoms with E-state index >= 15 is 0 Å². The minimum absolute atomic E-state index is 0.0143. The second-order valence-corrected chi connectivity index (χ2v) is 4.36. The van der Waals surface area contributed by atoms with E-state index in [1.54, 1.807) is 17.9 Å². The molecule has 0 radical (unpaired) electrons. The van der Waals surface area contributed by atoms with Gasteiger partial charge in [-0.1, -0.05) is 5.21 Å². The van der Waals surface area contributed by atoms with Crippen molar-refractivity contribution in [2.24, 2.45) is 13.0 Å². The van der Waals surface area contributed by atoms with E-state index in [9.17, 15) is 4.79 Å².